The average molecular weight is 385 g/mol. The molecule has 2 heterocycles. The third kappa shape index (κ3) is 5.06. The number of rotatable bonds is 6. The van der Waals surface area contributed by atoms with Crippen LogP contribution in [0.15, 0.2) is 47.1 Å². The fourth-order valence-electron chi connectivity index (χ4n) is 3.07. The lowest BCUT2D eigenvalue weighted by Gasteiger charge is -2.34. The second-order valence-electron chi connectivity index (χ2n) is 7.06. The van der Waals surface area contributed by atoms with Crippen LogP contribution in [-0.4, -0.2) is 61.1 Å². The highest BCUT2D eigenvalue weighted by Gasteiger charge is 2.25. The molecule has 1 aromatic heterocycles. The minimum Gasteiger partial charge on any atom is -0.492 e. The van der Waals surface area contributed by atoms with E-state index in [-0.39, 0.29) is 11.9 Å². The van der Waals surface area contributed by atoms with Gasteiger partial charge in [-0.15, -0.1) is 0 Å². The number of carbonyl (C=O) groups excluding carboxylic acids is 2. The van der Waals surface area contributed by atoms with Gasteiger partial charge in [0, 0.05) is 26.2 Å². The molecule has 0 radical (unpaired) electrons. The Hall–Kier alpha value is -2.96. The molecule has 0 saturated carbocycles. The van der Waals surface area contributed by atoms with Crippen LogP contribution in [0.1, 0.15) is 35.9 Å². The lowest BCUT2D eigenvalue weighted by molar-refractivity contribution is 0.0634. The molecule has 1 fully saturated rings. The topological polar surface area (TPSA) is 75.0 Å². The van der Waals surface area contributed by atoms with E-state index in [1.807, 2.05) is 18.2 Å². The normalized spacial score (nSPS) is 14.2. The zero-order chi connectivity index (χ0) is 19.9. The Balaban J connectivity index is 1.37. The van der Waals surface area contributed by atoms with Crippen molar-refractivity contribution in [1.82, 2.24) is 15.1 Å². The molecule has 7 nitrogen and oxygen atoms in total. The SMILES string of the molecule is CC(C)c1cccc(OCCNC(=O)N2CCN(C(=O)c3ccco3)CC2)c1. The van der Waals surface area contributed by atoms with Crippen molar-refractivity contribution in [3.63, 3.8) is 0 Å². The quantitative estimate of drug-likeness (QED) is 0.776. The van der Waals surface area contributed by atoms with Crippen molar-refractivity contribution in [3.05, 3.63) is 54.0 Å². The van der Waals surface area contributed by atoms with Gasteiger partial charge in [0.1, 0.15) is 12.4 Å². The molecule has 1 N–H and O–H groups in total. The Labute approximate surface area is 165 Å². The number of carbonyl (C=O) groups is 2. The molecule has 7 heteroatoms. The number of nitrogens with zero attached hydrogens (tertiary/aromatic N) is 2. The third-order valence-corrected chi connectivity index (χ3v) is 4.76. The van der Waals surface area contributed by atoms with E-state index >= 15 is 0 Å². The first kappa shape index (κ1) is 19.8. The first-order chi connectivity index (χ1) is 13.5. The number of piperazine rings is 1. The van der Waals surface area contributed by atoms with Crippen LogP contribution in [0.4, 0.5) is 4.79 Å². The molecular weight excluding hydrogens is 358 g/mol. The molecule has 1 aliphatic heterocycles. The van der Waals surface area contributed by atoms with E-state index in [0.717, 1.165) is 5.75 Å². The molecule has 0 aliphatic carbocycles. The van der Waals surface area contributed by atoms with E-state index in [0.29, 0.717) is 51.0 Å². The van der Waals surface area contributed by atoms with Crippen molar-refractivity contribution in [2.24, 2.45) is 0 Å². The van der Waals surface area contributed by atoms with E-state index in [1.54, 1.807) is 21.9 Å². The van der Waals surface area contributed by atoms with Crippen LogP contribution in [0.25, 0.3) is 0 Å². The molecule has 1 aliphatic rings. The fourth-order valence-corrected chi connectivity index (χ4v) is 3.07. The summed E-state index contributed by atoms with van der Waals surface area (Å²) in [4.78, 5) is 28.0. The summed E-state index contributed by atoms with van der Waals surface area (Å²) in [5.74, 6) is 1.45. The molecule has 28 heavy (non-hydrogen) atoms. The van der Waals surface area contributed by atoms with E-state index in [2.05, 4.69) is 25.2 Å². The number of hydrogen-bond donors (Lipinski definition) is 1. The molecule has 0 bridgehead atoms. The van der Waals surface area contributed by atoms with Crippen LogP contribution in [-0.2, 0) is 0 Å². The summed E-state index contributed by atoms with van der Waals surface area (Å²) in [5.41, 5.74) is 1.23. The number of nitrogens with one attached hydrogen (secondary N) is 1. The maximum Gasteiger partial charge on any atom is 0.317 e. The molecule has 0 spiro atoms. The van der Waals surface area contributed by atoms with E-state index < -0.39 is 0 Å². The second kappa shape index (κ2) is 9.30. The van der Waals surface area contributed by atoms with Crippen LogP contribution in [0.3, 0.4) is 0 Å². The molecule has 0 unspecified atom stereocenters. The Morgan fingerprint density at radius 3 is 2.54 bits per heavy atom. The first-order valence-corrected chi connectivity index (χ1v) is 9.63. The summed E-state index contributed by atoms with van der Waals surface area (Å²) < 4.78 is 10.9. The zero-order valence-electron chi connectivity index (χ0n) is 16.4. The number of benzene rings is 1. The maximum absolute atomic E-state index is 12.3. The molecule has 1 aromatic carbocycles. The molecule has 150 valence electrons. The van der Waals surface area contributed by atoms with Gasteiger partial charge in [-0.3, -0.25) is 4.79 Å². The van der Waals surface area contributed by atoms with Crippen LogP contribution in [0.5, 0.6) is 5.75 Å². The second-order valence-corrected chi connectivity index (χ2v) is 7.06. The van der Waals surface area contributed by atoms with Crippen LogP contribution < -0.4 is 10.1 Å². The highest BCUT2D eigenvalue weighted by atomic mass is 16.5. The summed E-state index contributed by atoms with van der Waals surface area (Å²) in [7, 11) is 0. The predicted molar refractivity (Wildman–Crippen MR) is 106 cm³/mol. The number of urea groups is 1. The zero-order valence-corrected chi connectivity index (χ0v) is 16.4. The Morgan fingerprint density at radius 1 is 1.11 bits per heavy atom. The monoisotopic (exact) mass is 385 g/mol. The minimum absolute atomic E-state index is 0.135. The summed E-state index contributed by atoms with van der Waals surface area (Å²) in [5, 5.41) is 2.87. The molecule has 3 amide bonds. The van der Waals surface area contributed by atoms with E-state index in [4.69, 9.17) is 9.15 Å². The highest BCUT2D eigenvalue weighted by molar-refractivity contribution is 5.91. The van der Waals surface area contributed by atoms with Crippen LogP contribution >= 0.6 is 0 Å². The van der Waals surface area contributed by atoms with Crippen LogP contribution in [0, 0.1) is 0 Å². The van der Waals surface area contributed by atoms with Gasteiger partial charge in [-0.25, -0.2) is 4.79 Å². The van der Waals surface area contributed by atoms with Gasteiger partial charge in [-0.05, 0) is 35.7 Å². The van der Waals surface area contributed by atoms with E-state index in [9.17, 15) is 9.59 Å². The number of hydrogen-bond acceptors (Lipinski definition) is 4. The first-order valence-electron chi connectivity index (χ1n) is 9.63. The lowest BCUT2D eigenvalue weighted by Crippen LogP contribution is -2.53. The van der Waals surface area contributed by atoms with Gasteiger partial charge in [0.05, 0.1) is 12.8 Å². The molecule has 0 atom stereocenters. The molecular formula is C21H27N3O4. The van der Waals surface area contributed by atoms with Crippen molar-refractivity contribution in [1.29, 1.82) is 0 Å². The van der Waals surface area contributed by atoms with Crippen molar-refractivity contribution in [2.45, 2.75) is 19.8 Å². The van der Waals surface area contributed by atoms with Gasteiger partial charge in [0.15, 0.2) is 5.76 Å². The van der Waals surface area contributed by atoms with E-state index in [1.165, 1.54) is 11.8 Å². The lowest BCUT2D eigenvalue weighted by atomic mass is 10.0. The Morgan fingerprint density at radius 2 is 1.86 bits per heavy atom. The van der Waals surface area contributed by atoms with Crippen molar-refractivity contribution in [3.8, 4) is 5.75 Å². The summed E-state index contributed by atoms with van der Waals surface area (Å²) in [6.07, 6.45) is 1.48. The highest BCUT2D eigenvalue weighted by Crippen LogP contribution is 2.19. The van der Waals surface area contributed by atoms with Crippen molar-refractivity contribution >= 4 is 11.9 Å². The maximum atomic E-state index is 12.3. The van der Waals surface area contributed by atoms with Gasteiger partial charge in [0.2, 0.25) is 0 Å². The molecule has 1 saturated heterocycles. The predicted octanol–water partition coefficient (Wildman–Crippen LogP) is 2.95. The third-order valence-electron chi connectivity index (χ3n) is 4.76. The van der Waals surface area contributed by atoms with Gasteiger partial charge >= 0.3 is 6.03 Å². The van der Waals surface area contributed by atoms with Gasteiger partial charge in [-0.2, -0.15) is 0 Å². The minimum atomic E-state index is -0.137. The average Bonchev–Trinajstić information content (AvgIpc) is 3.25. The summed E-state index contributed by atoms with van der Waals surface area (Å²) in [6.45, 7) is 7.09. The van der Waals surface area contributed by atoms with Gasteiger partial charge < -0.3 is 24.3 Å². The number of furan rings is 1. The fraction of sp³-hybridized carbons (Fsp3) is 0.429. The Bertz CT molecular complexity index is 781. The largest absolute Gasteiger partial charge is 0.492 e. The summed E-state index contributed by atoms with van der Waals surface area (Å²) >= 11 is 0. The van der Waals surface area contributed by atoms with Gasteiger partial charge in [0.25, 0.3) is 5.91 Å². The van der Waals surface area contributed by atoms with Crippen molar-refractivity contribution in [2.75, 3.05) is 39.3 Å². The number of ether oxygens (including phenoxy) is 1. The van der Waals surface area contributed by atoms with Crippen LogP contribution in [0.2, 0.25) is 0 Å². The summed E-state index contributed by atoms with van der Waals surface area (Å²) in [6, 6.07) is 11.2. The van der Waals surface area contributed by atoms with Gasteiger partial charge in [-0.1, -0.05) is 26.0 Å². The van der Waals surface area contributed by atoms with Crippen molar-refractivity contribution < 1.29 is 18.7 Å². The molecule has 3 rings (SSSR count). The standard InChI is InChI=1S/C21H27N3O4/c1-16(2)17-5-3-6-18(15-17)27-14-8-22-21(26)24-11-9-23(10-12-24)20(25)19-7-4-13-28-19/h3-7,13,15-16H,8-12,14H2,1-2H3,(H,22,26). The number of amides is 3. The molecule has 2 aromatic rings. The smallest absolute Gasteiger partial charge is 0.317 e. The Kier molecular flexibility index (Phi) is 6.57.